The third-order valence-electron chi connectivity index (χ3n) is 4.03. The summed E-state index contributed by atoms with van der Waals surface area (Å²) >= 11 is 1.39. The lowest BCUT2D eigenvalue weighted by molar-refractivity contribution is -0.127. The first-order valence-corrected chi connectivity index (χ1v) is 9.30. The number of methoxy groups -OCH3 is 1. The zero-order valence-corrected chi connectivity index (χ0v) is 15.8. The van der Waals surface area contributed by atoms with Gasteiger partial charge in [-0.25, -0.2) is 4.98 Å². The maximum atomic E-state index is 12.2. The summed E-state index contributed by atoms with van der Waals surface area (Å²) in [4.78, 5) is 18.4. The first kappa shape index (κ1) is 19.3. The van der Waals surface area contributed by atoms with Gasteiger partial charge >= 0.3 is 0 Å². The second-order valence-corrected chi connectivity index (χ2v) is 6.39. The lowest BCUT2D eigenvalue weighted by atomic mass is 10.2. The summed E-state index contributed by atoms with van der Waals surface area (Å²) in [6, 6.07) is 7.75. The molecule has 1 amide bonds. The van der Waals surface area contributed by atoms with Gasteiger partial charge in [-0.3, -0.25) is 4.79 Å². The van der Waals surface area contributed by atoms with E-state index in [0.717, 1.165) is 16.5 Å². The Morgan fingerprint density at radius 1 is 1.32 bits per heavy atom. The summed E-state index contributed by atoms with van der Waals surface area (Å²) in [7, 11) is 1.64. The van der Waals surface area contributed by atoms with Crippen molar-refractivity contribution >= 4 is 17.7 Å². The van der Waals surface area contributed by atoms with Gasteiger partial charge in [-0.15, -0.1) is 0 Å². The van der Waals surface area contributed by atoms with Crippen LogP contribution in [0.2, 0.25) is 0 Å². The largest absolute Gasteiger partial charge is 0.496 e. The minimum Gasteiger partial charge on any atom is -0.496 e. The number of imidazole rings is 1. The van der Waals surface area contributed by atoms with E-state index >= 15 is 0 Å². The van der Waals surface area contributed by atoms with Crippen LogP contribution in [0.25, 0.3) is 0 Å². The highest BCUT2D eigenvalue weighted by molar-refractivity contribution is 7.99. The van der Waals surface area contributed by atoms with Crippen LogP contribution in [0.15, 0.2) is 35.6 Å². The molecule has 0 aliphatic heterocycles. The summed E-state index contributed by atoms with van der Waals surface area (Å²) in [5, 5.41) is 10.3. The molecular formula is C18H25N3O3S. The summed E-state index contributed by atoms with van der Waals surface area (Å²) in [6.45, 7) is 5.77. The number of thioether (sulfide) groups is 1. The van der Waals surface area contributed by atoms with Gasteiger partial charge in [-0.05, 0) is 19.9 Å². The number of ether oxygens (including phenoxy) is 1. The molecule has 0 unspecified atom stereocenters. The number of aliphatic hydroxyl groups excluding tert-OH is 1. The van der Waals surface area contributed by atoms with Crippen molar-refractivity contribution in [2.45, 2.75) is 32.2 Å². The molecular weight excluding hydrogens is 338 g/mol. The second kappa shape index (κ2) is 9.48. The molecule has 1 aromatic heterocycles. The van der Waals surface area contributed by atoms with Crippen molar-refractivity contribution in [1.82, 2.24) is 14.5 Å². The molecule has 0 aliphatic rings. The predicted octanol–water partition coefficient (Wildman–Crippen LogP) is 2.39. The van der Waals surface area contributed by atoms with Crippen LogP contribution in [0, 0.1) is 0 Å². The van der Waals surface area contributed by atoms with Crippen LogP contribution >= 0.6 is 11.8 Å². The van der Waals surface area contributed by atoms with E-state index in [1.54, 1.807) is 18.2 Å². The van der Waals surface area contributed by atoms with E-state index in [1.165, 1.54) is 11.8 Å². The number of para-hydroxylation sites is 1. The third kappa shape index (κ3) is 4.76. The standard InChI is InChI=1S/C18H25N3O3S/c1-4-20(5-2)17(23)13-25-18-19-10-15(12-22)21(18)11-14-8-6-7-9-16(14)24-3/h6-10,22H,4-5,11-13H2,1-3H3. The summed E-state index contributed by atoms with van der Waals surface area (Å²) < 4.78 is 7.33. The molecule has 0 bridgehead atoms. The van der Waals surface area contributed by atoms with E-state index in [0.29, 0.717) is 31.1 Å². The second-order valence-electron chi connectivity index (χ2n) is 5.44. The Morgan fingerprint density at radius 2 is 2.04 bits per heavy atom. The Morgan fingerprint density at radius 3 is 2.68 bits per heavy atom. The normalized spacial score (nSPS) is 10.7. The molecule has 1 aromatic carbocycles. The number of carbonyl (C=O) groups excluding carboxylic acids is 1. The molecule has 0 fully saturated rings. The van der Waals surface area contributed by atoms with Gasteiger partial charge in [0.15, 0.2) is 5.16 Å². The molecule has 6 nitrogen and oxygen atoms in total. The van der Waals surface area contributed by atoms with Crippen LogP contribution < -0.4 is 4.74 Å². The molecule has 25 heavy (non-hydrogen) atoms. The molecule has 2 aromatic rings. The van der Waals surface area contributed by atoms with E-state index in [1.807, 2.05) is 42.7 Å². The molecule has 2 rings (SSSR count). The first-order valence-electron chi connectivity index (χ1n) is 8.32. The van der Waals surface area contributed by atoms with Gasteiger partial charge in [0, 0.05) is 18.7 Å². The highest BCUT2D eigenvalue weighted by Crippen LogP contribution is 2.24. The number of aliphatic hydroxyl groups is 1. The van der Waals surface area contributed by atoms with Crippen molar-refractivity contribution < 1.29 is 14.6 Å². The van der Waals surface area contributed by atoms with Crippen molar-refractivity contribution in [2.75, 3.05) is 26.0 Å². The van der Waals surface area contributed by atoms with Gasteiger partial charge in [0.2, 0.25) is 5.91 Å². The maximum Gasteiger partial charge on any atom is 0.233 e. The Hall–Kier alpha value is -1.99. The van der Waals surface area contributed by atoms with E-state index in [4.69, 9.17) is 4.74 Å². The van der Waals surface area contributed by atoms with Gasteiger partial charge in [-0.1, -0.05) is 30.0 Å². The zero-order valence-electron chi connectivity index (χ0n) is 14.9. The number of benzene rings is 1. The number of carbonyl (C=O) groups is 1. The van der Waals surface area contributed by atoms with Crippen molar-refractivity contribution in [2.24, 2.45) is 0 Å². The number of hydrogen-bond acceptors (Lipinski definition) is 5. The topological polar surface area (TPSA) is 67.6 Å². The Balaban J connectivity index is 2.18. The Labute approximate surface area is 152 Å². The third-order valence-corrected chi connectivity index (χ3v) is 5.00. The minimum atomic E-state index is -0.104. The molecule has 1 N–H and O–H groups in total. The maximum absolute atomic E-state index is 12.2. The SMILES string of the molecule is CCN(CC)C(=O)CSc1ncc(CO)n1Cc1ccccc1OC. The average molecular weight is 363 g/mol. The lowest BCUT2D eigenvalue weighted by Gasteiger charge is -2.18. The smallest absolute Gasteiger partial charge is 0.233 e. The monoisotopic (exact) mass is 363 g/mol. The Bertz CT molecular complexity index is 699. The summed E-state index contributed by atoms with van der Waals surface area (Å²) in [6.07, 6.45) is 1.65. The van der Waals surface area contributed by atoms with E-state index in [-0.39, 0.29) is 12.5 Å². The van der Waals surface area contributed by atoms with Gasteiger partial charge in [-0.2, -0.15) is 0 Å². The van der Waals surface area contributed by atoms with E-state index in [9.17, 15) is 9.90 Å². The highest BCUT2D eigenvalue weighted by Gasteiger charge is 2.16. The highest BCUT2D eigenvalue weighted by atomic mass is 32.2. The lowest BCUT2D eigenvalue weighted by Crippen LogP contribution is -2.32. The van der Waals surface area contributed by atoms with Crippen molar-refractivity contribution in [3.63, 3.8) is 0 Å². The fraction of sp³-hybridized carbons (Fsp3) is 0.444. The molecule has 7 heteroatoms. The predicted molar refractivity (Wildman–Crippen MR) is 98.9 cm³/mol. The van der Waals surface area contributed by atoms with Gasteiger partial charge < -0.3 is 19.3 Å². The van der Waals surface area contributed by atoms with E-state index < -0.39 is 0 Å². The fourth-order valence-corrected chi connectivity index (χ4v) is 3.50. The molecule has 0 saturated heterocycles. The quantitative estimate of drug-likeness (QED) is 0.693. The number of rotatable bonds is 9. The van der Waals surface area contributed by atoms with Crippen LogP contribution in [0.1, 0.15) is 25.1 Å². The molecule has 0 aliphatic carbocycles. The van der Waals surface area contributed by atoms with Crippen LogP contribution in [0.5, 0.6) is 5.75 Å². The molecule has 0 radical (unpaired) electrons. The number of nitrogens with zero attached hydrogens (tertiary/aromatic N) is 3. The first-order chi connectivity index (χ1) is 12.1. The average Bonchev–Trinajstić information content (AvgIpc) is 3.03. The number of aromatic nitrogens is 2. The van der Waals surface area contributed by atoms with Gasteiger partial charge in [0.1, 0.15) is 5.75 Å². The van der Waals surface area contributed by atoms with Crippen LogP contribution in [-0.2, 0) is 17.9 Å². The van der Waals surface area contributed by atoms with Crippen LogP contribution in [0.4, 0.5) is 0 Å². The van der Waals surface area contributed by atoms with Crippen LogP contribution in [-0.4, -0.2) is 51.4 Å². The number of hydrogen-bond donors (Lipinski definition) is 1. The number of amides is 1. The molecule has 136 valence electrons. The molecule has 0 spiro atoms. The molecule has 1 heterocycles. The van der Waals surface area contributed by atoms with Gasteiger partial charge in [0.25, 0.3) is 0 Å². The van der Waals surface area contributed by atoms with Crippen molar-refractivity contribution in [3.05, 3.63) is 41.7 Å². The van der Waals surface area contributed by atoms with Crippen molar-refractivity contribution in [1.29, 1.82) is 0 Å². The molecule has 0 saturated carbocycles. The fourth-order valence-electron chi connectivity index (χ4n) is 2.60. The van der Waals surface area contributed by atoms with Crippen molar-refractivity contribution in [3.8, 4) is 5.75 Å². The Kier molecular flexibility index (Phi) is 7.33. The molecule has 0 atom stereocenters. The minimum absolute atomic E-state index is 0.0902. The van der Waals surface area contributed by atoms with Crippen LogP contribution in [0.3, 0.4) is 0 Å². The summed E-state index contributed by atoms with van der Waals surface area (Å²) in [5.74, 6) is 1.21. The summed E-state index contributed by atoms with van der Waals surface area (Å²) in [5.41, 5.74) is 1.71. The van der Waals surface area contributed by atoms with Gasteiger partial charge in [0.05, 0.1) is 37.9 Å². The zero-order chi connectivity index (χ0) is 18.2. The van der Waals surface area contributed by atoms with E-state index in [2.05, 4.69) is 4.98 Å².